The first-order valence-electron chi connectivity index (χ1n) is 6.70. The third-order valence-corrected chi connectivity index (χ3v) is 4.57. The van der Waals surface area contributed by atoms with Crippen molar-refractivity contribution in [3.8, 4) is 0 Å². The second-order valence-corrected chi connectivity index (χ2v) is 6.39. The zero-order chi connectivity index (χ0) is 15.4. The molecule has 0 bridgehead atoms. The van der Waals surface area contributed by atoms with Gasteiger partial charge in [0.25, 0.3) is 0 Å². The van der Waals surface area contributed by atoms with Crippen molar-refractivity contribution in [2.75, 3.05) is 11.9 Å². The molecular formula is C14H16BrClN2O3. The highest BCUT2D eigenvalue weighted by atomic mass is 79.9. The molecule has 0 aromatic heterocycles. The maximum atomic E-state index is 11.9. The normalized spacial score (nSPS) is 21.0. The molecule has 2 rings (SSSR count). The van der Waals surface area contributed by atoms with Gasteiger partial charge in [-0.3, -0.25) is 4.79 Å². The summed E-state index contributed by atoms with van der Waals surface area (Å²) in [6.07, 6.45) is 2.42. The number of urea groups is 1. The van der Waals surface area contributed by atoms with E-state index in [1.807, 2.05) is 0 Å². The van der Waals surface area contributed by atoms with Crippen molar-refractivity contribution in [2.45, 2.75) is 19.3 Å². The highest BCUT2D eigenvalue weighted by Crippen LogP contribution is 2.31. The highest BCUT2D eigenvalue weighted by Gasteiger charge is 2.32. The quantitative estimate of drug-likeness (QED) is 0.750. The maximum Gasteiger partial charge on any atom is 0.319 e. The maximum absolute atomic E-state index is 11.9. The molecule has 1 aliphatic rings. The van der Waals surface area contributed by atoms with E-state index in [-0.39, 0.29) is 17.9 Å². The number of amides is 2. The lowest BCUT2D eigenvalue weighted by Crippen LogP contribution is -2.35. The van der Waals surface area contributed by atoms with Crippen LogP contribution in [0.3, 0.4) is 0 Å². The van der Waals surface area contributed by atoms with Crippen LogP contribution in [0.15, 0.2) is 22.7 Å². The lowest BCUT2D eigenvalue weighted by atomic mass is 9.96. The van der Waals surface area contributed by atoms with Gasteiger partial charge in [-0.15, -0.1) is 0 Å². The summed E-state index contributed by atoms with van der Waals surface area (Å²) in [5, 5.41) is 15.1. The largest absolute Gasteiger partial charge is 0.481 e. The van der Waals surface area contributed by atoms with Crippen LogP contribution in [0.2, 0.25) is 5.02 Å². The Labute approximate surface area is 136 Å². The van der Waals surface area contributed by atoms with E-state index >= 15 is 0 Å². The Morgan fingerprint density at radius 3 is 2.81 bits per heavy atom. The van der Waals surface area contributed by atoms with Crippen LogP contribution in [0.25, 0.3) is 0 Å². The number of nitrogens with one attached hydrogen (secondary N) is 2. The minimum Gasteiger partial charge on any atom is -0.481 e. The molecule has 5 nitrogen and oxygen atoms in total. The Hall–Kier alpha value is -1.27. The van der Waals surface area contributed by atoms with Gasteiger partial charge in [-0.25, -0.2) is 4.79 Å². The summed E-state index contributed by atoms with van der Waals surface area (Å²) in [7, 11) is 0. The highest BCUT2D eigenvalue weighted by molar-refractivity contribution is 9.10. The fourth-order valence-electron chi connectivity index (χ4n) is 2.59. The molecule has 0 heterocycles. The number of carboxylic acid groups (broad SMARTS) is 1. The summed E-state index contributed by atoms with van der Waals surface area (Å²) >= 11 is 9.15. The van der Waals surface area contributed by atoms with Gasteiger partial charge in [-0.1, -0.05) is 18.0 Å². The number of carbonyl (C=O) groups is 2. The number of benzene rings is 1. The van der Waals surface area contributed by atoms with Crippen LogP contribution in [0.4, 0.5) is 10.5 Å². The fraction of sp³-hybridized carbons (Fsp3) is 0.429. The van der Waals surface area contributed by atoms with Crippen molar-refractivity contribution in [3.05, 3.63) is 27.7 Å². The Balaban J connectivity index is 1.86. The topological polar surface area (TPSA) is 78.4 Å². The smallest absolute Gasteiger partial charge is 0.319 e. The second kappa shape index (κ2) is 7.13. The summed E-state index contributed by atoms with van der Waals surface area (Å²) in [4.78, 5) is 22.9. The second-order valence-electron chi connectivity index (χ2n) is 5.09. The van der Waals surface area contributed by atoms with Crippen LogP contribution >= 0.6 is 27.5 Å². The minimum absolute atomic E-state index is 0.00177. The number of carboxylic acids is 1. The van der Waals surface area contributed by atoms with Gasteiger partial charge in [-0.2, -0.15) is 0 Å². The Bertz CT molecular complexity index is 553. The molecule has 0 radical (unpaired) electrons. The third kappa shape index (κ3) is 4.35. The van der Waals surface area contributed by atoms with E-state index in [0.29, 0.717) is 28.1 Å². The zero-order valence-electron chi connectivity index (χ0n) is 11.2. The summed E-state index contributed by atoms with van der Waals surface area (Å²) < 4.78 is 0.689. The van der Waals surface area contributed by atoms with Gasteiger partial charge in [0, 0.05) is 16.0 Å². The van der Waals surface area contributed by atoms with Crippen LogP contribution in [-0.2, 0) is 4.79 Å². The number of hydrogen-bond acceptors (Lipinski definition) is 2. The van der Waals surface area contributed by atoms with E-state index in [2.05, 4.69) is 26.6 Å². The molecule has 2 atom stereocenters. The first kappa shape index (κ1) is 16.1. The van der Waals surface area contributed by atoms with Crippen molar-refractivity contribution in [1.82, 2.24) is 5.32 Å². The number of halogens is 2. The molecule has 21 heavy (non-hydrogen) atoms. The molecule has 1 saturated carbocycles. The van der Waals surface area contributed by atoms with Crippen LogP contribution in [0.1, 0.15) is 19.3 Å². The van der Waals surface area contributed by atoms with Crippen LogP contribution in [0, 0.1) is 11.8 Å². The standard InChI is InChI=1S/C14H16BrClN2O3/c15-11-6-9(16)4-5-12(11)18-14(21)17-7-8-2-1-3-10(8)13(19)20/h4-6,8,10H,1-3,7H2,(H,19,20)(H2,17,18,21). The number of carbonyl (C=O) groups excluding carboxylic acids is 1. The zero-order valence-corrected chi connectivity index (χ0v) is 13.6. The third-order valence-electron chi connectivity index (χ3n) is 3.68. The minimum atomic E-state index is -0.778. The molecule has 7 heteroatoms. The van der Waals surface area contributed by atoms with Crippen molar-refractivity contribution in [2.24, 2.45) is 11.8 Å². The van der Waals surface area contributed by atoms with Gasteiger partial charge >= 0.3 is 12.0 Å². The van der Waals surface area contributed by atoms with Gasteiger partial charge in [0.1, 0.15) is 0 Å². The van der Waals surface area contributed by atoms with Crippen LogP contribution < -0.4 is 10.6 Å². The van der Waals surface area contributed by atoms with Gasteiger partial charge in [-0.05, 0) is 52.9 Å². The van der Waals surface area contributed by atoms with E-state index in [1.54, 1.807) is 18.2 Å². The predicted octanol–water partition coefficient (Wildman–Crippen LogP) is 3.72. The fourth-order valence-corrected chi connectivity index (χ4v) is 3.37. The molecule has 0 spiro atoms. The summed E-state index contributed by atoms with van der Waals surface area (Å²) in [6, 6.07) is 4.71. The van der Waals surface area contributed by atoms with Gasteiger partial charge in [0.15, 0.2) is 0 Å². The Morgan fingerprint density at radius 2 is 2.14 bits per heavy atom. The molecule has 114 valence electrons. The van der Waals surface area contributed by atoms with E-state index in [0.717, 1.165) is 12.8 Å². The van der Waals surface area contributed by atoms with Gasteiger partial charge in [0.05, 0.1) is 11.6 Å². The summed E-state index contributed by atoms with van der Waals surface area (Å²) in [5.74, 6) is -1.13. The van der Waals surface area contributed by atoms with Gasteiger partial charge in [0.2, 0.25) is 0 Å². The lowest BCUT2D eigenvalue weighted by molar-refractivity contribution is -0.142. The number of anilines is 1. The Kier molecular flexibility index (Phi) is 5.47. The number of rotatable bonds is 4. The molecular weight excluding hydrogens is 360 g/mol. The predicted molar refractivity (Wildman–Crippen MR) is 84.6 cm³/mol. The van der Waals surface area contributed by atoms with Crippen molar-refractivity contribution < 1.29 is 14.7 Å². The summed E-state index contributed by atoms with van der Waals surface area (Å²) in [6.45, 7) is 0.369. The molecule has 1 aliphatic carbocycles. The van der Waals surface area contributed by atoms with Crippen molar-refractivity contribution in [3.63, 3.8) is 0 Å². The average Bonchev–Trinajstić information content (AvgIpc) is 2.88. The molecule has 2 unspecified atom stereocenters. The number of aliphatic carboxylic acids is 1. The monoisotopic (exact) mass is 374 g/mol. The lowest BCUT2D eigenvalue weighted by Gasteiger charge is -2.17. The molecule has 0 aliphatic heterocycles. The molecule has 1 fully saturated rings. The van der Waals surface area contributed by atoms with E-state index in [1.165, 1.54) is 0 Å². The van der Waals surface area contributed by atoms with E-state index < -0.39 is 5.97 Å². The average molecular weight is 376 g/mol. The van der Waals surface area contributed by atoms with Crippen LogP contribution in [-0.4, -0.2) is 23.7 Å². The van der Waals surface area contributed by atoms with Gasteiger partial charge < -0.3 is 15.7 Å². The summed E-state index contributed by atoms with van der Waals surface area (Å²) in [5.41, 5.74) is 0.609. The molecule has 1 aromatic rings. The first-order valence-corrected chi connectivity index (χ1v) is 7.87. The van der Waals surface area contributed by atoms with Crippen LogP contribution in [0.5, 0.6) is 0 Å². The SMILES string of the molecule is O=C(NCC1CCCC1C(=O)O)Nc1ccc(Cl)cc1Br. The van der Waals surface area contributed by atoms with E-state index in [9.17, 15) is 9.59 Å². The van der Waals surface area contributed by atoms with E-state index in [4.69, 9.17) is 16.7 Å². The van der Waals surface area contributed by atoms with Crippen molar-refractivity contribution >= 4 is 45.2 Å². The molecule has 2 amide bonds. The Morgan fingerprint density at radius 1 is 1.38 bits per heavy atom. The molecule has 1 aromatic carbocycles. The molecule has 3 N–H and O–H groups in total. The molecule has 0 saturated heterocycles. The van der Waals surface area contributed by atoms with Crippen molar-refractivity contribution in [1.29, 1.82) is 0 Å². The first-order chi connectivity index (χ1) is 9.97. The number of hydrogen-bond donors (Lipinski definition) is 3.